The quantitative estimate of drug-likeness (QED) is 0.625. The van der Waals surface area contributed by atoms with Gasteiger partial charge in [-0.25, -0.2) is 0 Å². The summed E-state index contributed by atoms with van der Waals surface area (Å²) >= 11 is 0. The van der Waals surface area contributed by atoms with Crippen LogP contribution in [0.4, 0.5) is 5.69 Å². The lowest BCUT2D eigenvalue weighted by atomic mass is 10.2. The lowest BCUT2D eigenvalue weighted by molar-refractivity contribution is 0.577. The molecule has 0 unspecified atom stereocenters. The van der Waals surface area contributed by atoms with Gasteiger partial charge in [0.1, 0.15) is 11.4 Å². The van der Waals surface area contributed by atoms with E-state index in [2.05, 4.69) is 23.1 Å². The number of hydrogen-bond acceptors (Lipinski definition) is 3. The lowest BCUT2D eigenvalue weighted by Crippen LogP contribution is -2.12. The fourth-order valence-electron chi connectivity index (χ4n) is 1.66. The Labute approximate surface area is 115 Å². The summed E-state index contributed by atoms with van der Waals surface area (Å²) in [5.74, 6) is 0.883. The van der Waals surface area contributed by atoms with E-state index >= 15 is 0 Å². The molecule has 0 fully saturated rings. The van der Waals surface area contributed by atoms with Crippen LogP contribution in [0.1, 0.15) is 11.3 Å². The van der Waals surface area contributed by atoms with E-state index in [4.69, 9.17) is 4.43 Å². The number of benzene rings is 1. The van der Waals surface area contributed by atoms with Gasteiger partial charge in [0.25, 0.3) is 9.04 Å². The average Bonchev–Trinajstić information content (AvgIpc) is 2.40. The number of nitrogens with zero attached hydrogens (tertiary/aromatic N) is 2. The van der Waals surface area contributed by atoms with Crippen molar-refractivity contribution >= 4 is 20.9 Å². The highest BCUT2D eigenvalue weighted by molar-refractivity contribution is 6.49. The first-order chi connectivity index (χ1) is 9.16. The molecule has 0 spiro atoms. The van der Waals surface area contributed by atoms with Crippen molar-refractivity contribution in [3.05, 3.63) is 53.9 Å². The van der Waals surface area contributed by atoms with Gasteiger partial charge in [0.05, 0.1) is 11.9 Å². The minimum atomic E-state index is -0.803. The maximum atomic E-state index is 5.93. The monoisotopic (exact) mass is 269 g/mol. The Morgan fingerprint density at radius 1 is 1.16 bits per heavy atom. The molecule has 0 saturated heterocycles. The highest BCUT2D eigenvalue weighted by Crippen LogP contribution is 2.31. The van der Waals surface area contributed by atoms with E-state index in [1.54, 1.807) is 12.4 Å². The fourth-order valence-corrected chi connectivity index (χ4v) is 2.34. The van der Waals surface area contributed by atoms with Crippen molar-refractivity contribution in [2.24, 2.45) is 4.99 Å². The first-order valence-corrected chi connectivity index (χ1v) is 8.60. The number of rotatable bonds is 4. The molecule has 1 heterocycles. The Balaban J connectivity index is 2.29. The van der Waals surface area contributed by atoms with E-state index in [0.717, 1.165) is 22.7 Å². The zero-order valence-electron chi connectivity index (χ0n) is 11.4. The van der Waals surface area contributed by atoms with E-state index in [-0.39, 0.29) is 0 Å². The minimum absolute atomic E-state index is 0.803. The summed E-state index contributed by atoms with van der Waals surface area (Å²) in [4.78, 5) is 8.72. The Bertz CT molecular complexity index is 568. The topological polar surface area (TPSA) is 34.5 Å². The zero-order chi connectivity index (χ0) is 13.7. The highest BCUT2D eigenvalue weighted by Gasteiger charge is 2.08. The molecular weight excluding hydrogens is 252 g/mol. The summed E-state index contributed by atoms with van der Waals surface area (Å²) in [7, 11) is -0.803. The van der Waals surface area contributed by atoms with Gasteiger partial charge >= 0.3 is 0 Å². The normalized spacial score (nSPS) is 11.2. The van der Waals surface area contributed by atoms with Crippen LogP contribution in [-0.4, -0.2) is 20.2 Å². The molecular formula is C15H17N2OSi. The van der Waals surface area contributed by atoms with E-state index in [9.17, 15) is 0 Å². The zero-order valence-corrected chi connectivity index (χ0v) is 12.4. The van der Waals surface area contributed by atoms with Crippen LogP contribution in [0.5, 0.6) is 5.75 Å². The second-order valence-corrected chi connectivity index (χ2v) is 6.47. The first-order valence-electron chi connectivity index (χ1n) is 6.19. The summed E-state index contributed by atoms with van der Waals surface area (Å²) in [5.41, 5.74) is 2.81. The molecule has 1 aromatic carbocycles. The van der Waals surface area contributed by atoms with Crippen LogP contribution in [0.25, 0.3) is 0 Å². The van der Waals surface area contributed by atoms with Crippen molar-refractivity contribution in [2.75, 3.05) is 0 Å². The number of pyridine rings is 1. The van der Waals surface area contributed by atoms with Crippen molar-refractivity contribution in [3.63, 3.8) is 0 Å². The molecule has 0 N–H and O–H groups in total. The van der Waals surface area contributed by atoms with Crippen LogP contribution in [0, 0.1) is 6.92 Å². The molecule has 3 nitrogen and oxygen atoms in total. The van der Waals surface area contributed by atoms with Gasteiger partial charge in [-0.15, -0.1) is 0 Å². The van der Waals surface area contributed by atoms with Gasteiger partial charge in [0.15, 0.2) is 0 Å². The summed E-state index contributed by atoms with van der Waals surface area (Å²) in [5, 5.41) is 0. The van der Waals surface area contributed by atoms with Gasteiger partial charge in [-0.05, 0) is 43.8 Å². The van der Waals surface area contributed by atoms with Crippen LogP contribution >= 0.6 is 0 Å². The first kappa shape index (κ1) is 13.5. The van der Waals surface area contributed by atoms with Gasteiger partial charge in [-0.1, -0.05) is 18.2 Å². The standard InChI is InChI=1S/C15H17N2OSi/c1-12-7-6-9-14(15(12)18-19(2)3)17-11-13-8-4-5-10-16-13/h4-11H,1-3H3. The van der Waals surface area contributed by atoms with Crippen molar-refractivity contribution in [1.29, 1.82) is 0 Å². The third kappa shape index (κ3) is 3.76. The van der Waals surface area contributed by atoms with E-state index in [1.807, 2.05) is 43.3 Å². The van der Waals surface area contributed by atoms with E-state index in [0.29, 0.717) is 0 Å². The van der Waals surface area contributed by atoms with Gasteiger partial charge in [-0.2, -0.15) is 0 Å². The molecule has 4 heteroatoms. The number of aromatic nitrogens is 1. The Kier molecular flexibility index (Phi) is 4.47. The molecule has 1 radical (unpaired) electrons. The molecule has 0 amide bonds. The average molecular weight is 269 g/mol. The van der Waals surface area contributed by atoms with E-state index in [1.165, 1.54) is 0 Å². The molecule has 1 aromatic heterocycles. The molecule has 2 aromatic rings. The molecule has 0 aliphatic rings. The Hall–Kier alpha value is -1.94. The Morgan fingerprint density at radius 2 is 2.00 bits per heavy atom. The molecule has 2 rings (SSSR count). The van der Waals surface area contributed by atoms with Gasteiger partial charge < -0.3 is 4.43 Å². The lowest BCUT2D eigenvalue weighted by Gasteiger charge is -2.13. The summed E-state index contributed by atoms with van der Waals surface area (Å²) in [6, 6.07) is 11.8. The fraction of sp³-hybridized carbons (Fsp3) is 0.200. The van der Waals surface area contributed by atoms with Crippen molar-refractivity contribution < 1.29 is 4.43 Å². The molecule has 19 heavy (non-hydrogen) atoms. The second kappa shape index (κ2) is 6.29. The summed E-state index contributed by atoms with van der Waals surface area (Å²) in [6.07, 6.45) is 3.52. The maximum absolute atomic E-state index is 5.93. The number of hydrogen-bond donors (Lipinski definition) is 0. The molecule has 0 aliphatic heterocycles. The van der Waals surface area contributed by atoms with Crippen LogP contribution < -0.4 is 4.43 Å². The third-order valence-electron chi connectivity index (χ3n) is 2.52. The predicted octanol–water partition coefficient (Wildman–Crippen LogP) is 3.77. The predicted molar refractivity (Wildman–Crippen MR) is 80.8 cm³/mol. The van der Waals surface area contributed by atoms with E-state index < -0.39 is 9.04 Å². The minimum Gasteiger partial charge on any atom is -0.541 e. The number of aliphatic imine (C=N–C) groups is 1. The molecule has 0 saturated carbocycles. The van der Waals surface area contributed by atoms with Crippen LogP contribution in [-0.2, 0) is 0 Å². The molecule has 0 aliphatic carbocycles. The van der Waals surface area contributed by atoms with Crippen molar-refractivity contribution in [1.82, 2.24) is 4.98 Å². The third-order valence-corrected chi connectivity index (χ3v) is 3.13. The molecule has 0 bridgehead atoms. The maximum Gasteiger partial charge on any atom is 0.274 e. The number of para-hydroxylation sites is 1. The van der Waals surface area contributed by atoms with Crippen LogP contribution in [0.2, 0.25) is 13.1 Å². The Morgan fingerprint density at radius 3 is 2.68 bits per heavy atom. The highest BCUT2D eigenvalue weighted by atomic mass is 28.3. The SMILES string of the molecule is Cc1cccc(N=Cc2ccccn2)c1O[Si](C)C. The van der Waals surface area contributed by atoms with Gasteiger partial charge in [0.2, 0.25) is 0 Å². The molecule has 0 atom stereocenters. The van der Waals surface area contributed by atoms with Gasteiger partial charge in [0, 0.05) is 6.20 Å². The summed E-state index contributed by atoms with van der Waals surface area (Å²) < 4.78 is 5.93. The van der Waals surface area contributed by atoms with Crippen molar-refractivity contribution in [3.8, 4) is 5.75 Å². The van der Waals surface area contributed by atoms with Gasteiger partial charge in [-0.3, -0.25) is 9.98 Å². The van der Waals surface area contributed by atoms with Crippen LogP contribution in [0.15, 0.2) is 47.6 Å². The smallest absolute Gasteiger partial charge is 0.274 e. The largest absolute Gasteiger partial charge is 0.541 e. The molecule has 97 valence electrons. The number of aryl methyl sites for hydroxylation is 1. The second-order valence-electron chi connectivity index (χ2n) is 4.45. The van der Waals surface area contributed by atoms with Crippen LogP contribution in [0.3, 0.4) is 0 Å². The van der Waals surface area contributed by atoms with Crippen molar-refractivity contribution in [2.45, 2.75) is 20.0 Å². The summed E-state index contributed by atoms with van der Waals surface area (Å²) in [6.45, 7) is 6.27.